The van der Waals surface area contributed by atoms with Crippen LogP contribution in [-0.2, 0) is 19.1 Å². The van der Waals surface area contributed by atoms with Crippen molar-refractivity contribution in [3.63, 3.8) is 0 Å². The maximum absolute atomic E-state index is 12.5. The standard InChI is InChI=1S/C23H26N2O7/c1-4-31-19-8-6-5-7-17(19)24-21(26)14-32-23(28)15-11-22(27)25(13-15)18-10-9-16(29-2)12-20(18)30-3/h5-10,12,15H,4,11,13-14H2,1-3H3,(H,24,26)/t15-/m1/s1. The third-order valence-electron chi connectivity index (χ3n) is 4.94. The van der Waals surface area contributed by atoms with Crippen molar-refractivity contribution in [2.24, 2.45) is 5.92 Å². The molecule has 170 valence electrons. The van der Waals surface area contributed by atoms with Crippen LogP contribution in [0.4, 0.5) is 11.4 Å². The number of anilines is 2. The number of para-hydroxylation sites is 2. The minimum Gasteiger partial charge on any atom is -0.497 e. The first-order valence-corrected chi connectivity index (χ1v) is 10.2. The van der Waals surface area contributed by atoms with Gasteiger partial charge in [0, 0.05) is 19.0 Å². The van der Waals surface area contributed by atoms with Crippen molar-refractivity contribution in [1.82, 2.24) is 0 Å². The van der Waals surface area contributed by atoms with E-state index in [9.17, 15) is 14.4 Å². The summed E-state index contributed by atoms with van der Waals surface area (Å²) >= 11 is 0. The fraction of sp³-hybridized carbons (Fsp3) is 0.348. The first-order valence-electron chi connectivity index (χ1n) is 10.2. The fourth-order valence-electron chi connectivity index (χ4n) is 3.40. The van der Waals surface area contributed by atoms with Crippen LogP contribution >= 0.6 is 0 Å². The molecule has 0 spiro atoms. The lowest BCUT2D eigenvalue weighted by atomic mass is 10.1. The van der Waals surface area contributed by atoms with E-state index in [0.29, 0.717) is 35.2 Å². The van der Waals surface area contributed by atoms with E-state index in [-0.39, 0.29) is 18.9 Å². The molecule has 0 bridgehead atoms. The third-order valence-corrected chi connectivity index (χ3v) is 4.94. The molecule has 1 heterocycles. The molecule has 0 unspecified atom stereocenters. The molecule has 0 aliphatic carbocycles. The van der Waals surface area contributed by atoms with Gasteiger partial charge in [-0.3, -0.25) is 14.4 Å². The van der Waals surface area contributed by atoms with Crippen molar-refractivity contribution < 1.29 is 33.3 Å². The number of hydrogen-bond acceptors (Lipinski definition) is 7. The van der Waals surface area contributed by atoms with Gasteiger partial charge in [-0.15, -0.1) is 0 Å². The zero-order valence-electron chi connectivity index (χ0n) is 18.3. The molecule has 32 heavy (non-hydrogen) atoms. The van der Waals surface area contributed by atoms with Crippen molar-refractivity contribution in [3.8, 4) is 17.2 Å². The summed E-state index contributed by atoms with van der Waals surface area (Å²) in [5.74, 6) is -0.447. The summed E-state index contributed by atoms with van der Waals surface area (Å²) in [6, 6.07) is 12.1. The van der Waals surface area contributed by atoms with Crippen molar-refractivity contribution in [2.45, 2.75) is 13.3 Å². The van der Waals surface area contributed by atoms with Crippen molar-refractivity contribution in [3.05, 3.63) is 42.5 Å². The second-order valence-corrected chi connectivity index (χ2v) is 7.03. The lowest BCUT2D eigenvalue weighted by Crippen LogP contribution is -2.28. The highest BCUT2D eigenvalue weighted by Gasteiger charge is 2.37. The molecule has 1 aliphatic rings. The molecule has 9 nitrogen and oxygen atoms in total. The molecule has 0 radical (unpaired) electrons. The first-order chi connectivity index (χ1) is 15.5. The van der Waals surface area contributed by atoms with Gasteiger partial charge in [-0.25, -0.2) is 0 Å². The van der Waals surface area contributed by atoms with Crippen LogP contribution < -0.4 is 24.4 Å². The molecule has 1 N–H and O–H groups in total. The molecule has 2 amide bonds. The lowest BCUT2D eigenvalue weighted by molar-refractivity contribution is -0.151. The lowest BCUT2D eigenvalue weighted by Gasteiger charge is -2.20. The maximum atomic E-state index is 12.5. The number of hydrogen-bond donors (Lipinski definition) is 1. The van der Waals surface area contributed by atoms with Gasteiger partial charge in [-0.2, -0.15) is 0 Å². The molecule has 1 atom stereocenters. The maximum Gasteiger partial charge on any atom is 0.311 e. The zero-order valence-corrected chi connectivity index (χ0v) is 18.3. The highest BCUT2D eigenvalue weighted by molar-refractivity contribution is 6.01. The summed E-state index contributed by atoms with van der Waals surface area (Å²) in [5.41, 5.74) is 1.03. The van der Waals surface area contributed by atoms with Crippen LogP contribution in [0.25, 0.3) is 0 Å². The van der Waals surface area contributed by atoms with Gasteiger partial charge in [0.05, 0.1) is 38.1 Å². The van der Waals surface area contributed by atoms with Gasteiger partial charge in [0.1, 0.15) is 17.2 Å². The Morgan fingerprint density at radius 3 is 2.59 bits per heavy atom. The Hall–Kier alpha value is -3.75. The molecule has 1 fully saturated rings. The van der Waals surface area contributed by atoms with Gasteiger partial charge in [0.15, 0.2) is 6.61 Å². The van der Waals surface area contributed by atoms with Crippen LogP contribution in [0.1, 0.15) is 13.3 Å². The van der Waals surface area contributed by atoms with Crippen molar-refractivity contribution in [2.75, 3.05) is 44.2 Å². The van der Waals surface area contributed by atoms with E-state index in [2.05, 4.69) is 5.32 Å². The number of ether oxygens (including phenoxy) is 4. The van der Waals surface area contributed by atoms with E-state index in [0.717, 1.165) is 0 Å². The number of rotatable bonds is 9. The highest BCUT2D eigenvalue weighted by atomic mass is 16.5. The van der Waals surface area contributed by atoms with Gasteiger partial charge < -0.3 is 29.2 Å². The quantitative estimate of drug-likeness (QED) is 0.596. The average molecular weight is 442 g/mol. The van der Waals surface area contributed by atoms with Crippen LogP contribution in [0, 0.1) is 5.92 Å². The Labute approximate surface area is 186 Å². The van der Waals surface area contributed by atoms with E-state index in [4.69, 9.17) is 18.9 Å². The van der Waals surface area contributed by atoms with E-state index in [1.165, 1.54) is 19.1 Å². The average Bonchev–Trinajstić information content (AvgIpc) is 3.19. The van der Waals surface area contributed by atoms with Crippen LogP contribution in [0.5, 0.6) is 17.2 Å². The van der Waals surface area contributed by atoms with Crippen LogP contribution in [0.3, 0.4) is 0 Å². The topological polar surface area (TPSA) is 103 Å². The van der Waals surface area contributed by atoms with Crippen molar-refractivity contribution >= 4 is 29.2 Å². The van der Waals surface area contributed by atoms with E-state index in [1.807, 2.05) is 6.92 Å². The largest absolute Gasteiger partial charge is 0.497 e. The second kappa shape index (κ2) is 10.5. The summed E-state index contributed by atoms with van der Waals surface area (Å²) in [6.07, 6.45) is -0.0111. The fourth-order valence-corrected chi connectivity index (χ4v) is 3.40. The minimum atomic E-state index is -0.683. The third kappa shape index (κ3) is 5.29. The Morgan fingerprint density at radius 1 is 1.09 bits per heavy atom. The van der Waals surface area contributed by atoms with Gasteiger partial charge in [0.2, 0.25) is 5.91 Å². The Balaban J connectivity index is 1.58. The second-order valence-electron chi connectivity index (χ2n) is 7.03. The summed E-state index contributed by atoms with van der Waals surface area (Å²) in [4.78, 5) is 38.7. The SMILES string of the molecule is CCOc1ccccc1NC(=O)COC(=O)[C@@H]1CC(=O)N(c2ccc(OC)cc2OC)C1. The van der Waals surface area contributed by atoms with E-state index < -0.39 is 24.4 Å². The molecular formula is C23H26N2O7. The van der Waals surface area contributed by atoms with Crippen LogP contribution in [0.2, 0.25) is 0 Å². The van der Waals surface area contributed by atoms with E-state index >= 15 is 0 Å². The monoisotopic (exact) mass is 442 g/mol. The molecule has 1 saturated heterocycles. The predicted octanol–water partition coefficient (Wildman–Crippen LogP) is 2.64. The number of nitrogens with one attached hydrogen (secondary N) is 1. The summed E-state index contributed by atoms with van der Waals surface area (Å²) < 4.78 is 21.2. The number of esters is 1. The summed E-state index contributed by atoms with van der Waals surface area (Å²) in [5, 5.41) is 2.66. The number of carbonyl (C=O) groups is 3. The normalized spacial score (nSPS) is 15.3. The smallest absolute Gasteiger partial charge is 0.311 e. The molecule has 2 aromatic rings. The Morgan fingerprint density at radius 2 is 1.88 bits per heavy atom. The van der Waals surface area contributed by atoms with E-state index in [1.54, 1.807) is 42.5 Å². The molecule has 0 saturated carbocycles. The Bertz CT molecular complexity index is 992. The molecule has 1 aliphatic heterocycles. The number of methoxy groups -OCH3 is 2. The summed E-state index contributed by atoms with van der Waals surface area (Å²) in [6.45, 7) is 1.96. The predicted molar refractivity (Wildman–Crippen MR) is 117 cm³/mol. The molecule has 9 heteroatoms. The van der Waals surface area contributed by atoms with Crippen molar-refractivity contribution in [1.29, 1.82) is 0 Å². The first kappa shape index (κ1) is 22.9. The van der Waals surface area contributed by atoms with Gasteiger partial charge in [0.25, 0.3) is 5.91 Å². The summed E-state index contributed by atoms with van der Waals surface area (Å²) in [7, 11) is 3.03. The molecule has 2 aromatic carbocycles. The van der Waals surface area contributed by atoms with Crippen LogP contribution in [-0.4, -0.2) is 51.8 Å². The minimum absolute atomic E-state index is 0.0111. The van der Waals surface area contributed by atoms with Gasteiger partial charge in [-0.1, -0.05) is 12.1 Å². The number of amides is 2. The van der Waals surface area contributed by atoms with Crippen LogP contribution in [0.15, 0.2) is 42.5 Å². The number of nitrogens with zero attached hydrogens (tertiary/aromatic N) is 1. The molecule has 3 rings (SSSR count). The number of carbonyl (C=O) groups excluding carboxylic acids is 3. The highest BCUT2D eigenvalue weighted by Crippen LogP contribution is 2.36. The Kier molecular flexibility index (Phi) is 7.54. The number of benzene rings is 2. The zero-order chi connectivity index (χ0) is 23.1. The molecule has 0 aromatic heterocycles. The molecular weight excluding hydrogens is 416 g/mol. The van der Waals surface area contributed by atoms with Gasteiger partial charge in [-0.05, 0) is 31.2 Å². The van der Waals surface area contributed by atoms with Gasteiger partial charge >= 0.3 is 5.97 Å².